The summed E-state index contributed by atoms with van der Waals surface area (Å²) < 4.78 is 5.24. The van der Waals surface area contributed by atoms with Crippen LogP contribution >= 0.6 is 11.3 Å². The van der Waals surface area contributed by atoms with Gasteiger partial charge < -0.3 is 15.0 Å². The van der Waals surface area contributed by atoms with E-state index in [0.717, 1.165) is 10.0 Å². The number of aromatic nitrogens is 1. The molecule has 1 N–H and O–H groups in total. The minimum Gasteiger partial charge on any atom is -0.480 e. The maximum atomic E-state index is 5.24. The second-order valence-corrected chi connectivity index (χ2v) is 4.71. The SMILES string of the molecule is CNC(C)/C=C/c1sc(N(C)C)nc1OC. The van der Waals surface area contributed by atoms with E-state index in [1.165, 1.54) is 0 Å². The first-order valence-electron chi connectivity index (χ1n) is 5.16. The molecular weight excluding hydrogens is 222 g/mol. The average Bonchev–Trinajstić information content (AvgIpc) is 2.69. The number of thiazole rings is 1. The highest BCUT2D eigenvalue weighted by atomic mass is 32.1. The summed E-state index contributed by atoms with van der Waals surface area (Å²) in [4.78, 5) is 7.41. The lowest BCUT2D eigenvalue weighted by molar-refractivity contribution is 0.400. The Bertz CT molecular complexity index is 360. The Kier molecular flexibility index (Phi) is 4.76. The highest BCUT2D eigenvalue weighted by Gasteiger charge is 2.10. The second kappa shape index (κ2) is 5.86. The topological polar surface area (TPSA) is 37.4 Å². The number of likely N-dealkylation sites (N-methyl/N-ethyl adjacent to an activating group) is 1. The van der Waals surface area contributed by atoms with Gasteiger partial charge in [-0.1, -0.05) is 17.4 Å². The third-order valence-electron chi connectivity index (χ3n) is 2.18. The molecule has 1 atom stereocenters. The van der Waals surface area contributed by atoms with Crippen LogP contribution in [0.5, 0.6) is 5.88 Å². The van der Waals surface area contributed by atoms with Gasteiger partial charge in [0, 0.05) is 20.1 Å². The molecule has 0 fully saturated rings. The van der Waals surface area contributed by atoms with Crippen LogP contribution in [0.3, 0.4) is 0 Å². The Morgan fingerprint density at radius 2 is 2.19 bits per heavy atom. The molecule has 16 heavy (non-hydrogen) atoms. The number of ether oxygens (including phenoxy) is 1. The van der Waals surface area contributed by atoms with Gasteiger partial charge in [0.25, 0.3) is 0 Å². The van der Waals surface area contributed by atoms with E-state index in [-0.39, 0.29) is 0 Å². The summed E-state index contributed by atoms with van der Waals surface area (Å²) in [6.07, 6.45) is 4.14. The van der Waals surface area contributed by atoms with Crippen molar-refractivity contribution in [1.82, 2.24) is 10.3 Å². The van der Waals surface area contributed by atoms with Crippen molar-refractivity contribution in [2.75, 3.05) is 33.2 Å². The molecule has 0 aliphatic heterocycles. The van der Waals surface area contributed by atoms with Gasteiger partial charge in [0.1, 0.15) is 0 Å². The van der Waals surface area contributed by atoms with E-state index in [2.05, 4.69) is 23.3 Å². The van der Waals surface area contributed by atoms with Gasteiger partial charge in [-0.25, -0.2) is 0 Å². The molecule has 0 bridgehead atoms. The van der Waals surface area contributed by atoms with Gasteiger partial charge in [-0.15, -0.1) is 0 Å². The third kappa shape index (κ3) is 3.21. The van der Waals surface area contributed by atoms with Gasteiger partial charge in [0.15, 0.2) is 5.13 Å². The summed E-state index contributed by atoms with van der Waals surface area (Å²) in [7, 11) is 7.53. The Morgan fingerprint density at radius 3 is 2.69 bits per heavy atom. The van der Waals surface area contributed by atoms with Crippen molar-refractivity contribution in [1.29, 1.82) is 0 Å². The van der Waals surface area contributed by atoms with Gasteiger partial charge in [0.05, 0.1) is 12.0 Å². The molecule has 0 saturated heterocycles. The fraction of sp³-hybridized carbons (Fsp3) is 0.545. The van der Waals surface area contributed by atoms with Crippen LogP contribution in [0.15, 0.2) is 6.08 Å². The van der Waals surface area contributed by atoms with Crippen LogP contribution < -0.4 is 15.0 Å². The molecule has 1 unspecified atom stereocenters. The van der Waals surface area contributed by atoms with Crippen molar-refractivity contribution in [2.24, 2.45) is 0 Å². The van der Waals surface area contributed by atoms with Crippen molar-refractivity contribution in [2.45, 2.75) is 13.0 Å². The minimum atomic E-state index is 0.342. The van der Waals surface area contributed by atoms with E-state index in [1.807, 2.05) is 32.1 Å². The highest BCUT2D eigenvalue weighted by Crippen LogP contribution is 2.31. The predicted octanol–water partition coefficient (Wildman–Crippen LogP) is 1.84. The van der Waals surface area contributed by atoms with E-state index in [1.54, 1.807) is 18.4 Å². The highest BCUT2D eigenvalue weighted by molar-refractivity contribution is 7.16. The van der Waals surface area contributed by atoms with E-state index in [4.69, 9.17) is 4.74 Å². The zero-order valence-corrected chi connectivity index (χ0v) is 11.3. The number of hydrogen-bond acceptors (Lipinski definition) is 5. The fourth-order valence-corrected chi connectivity index (χ4v) is 1.95. The Balaban J connectivity index is 2.90. The number of nitrogens with one attached hydrogen (secondary N) is 1. The van der Waals surface area contributed by atoms with E-state index in [0.29, 0.717) is 11.9 Å². The molecule has 1 heterocycles. The zero-order chi connectivity index (χ0) is 12.1. The van der Waals surface area contributed by atoms with Crippen LogP contribution in [0.1, 0.15) is 11.8 Å². The molecule has 0 amide bonds. The van der Waals surface area contributed by atoms with Crippen molar-refractivity contribution in [3.63, 3.8) is 0 Å². The monoisotopic (exact) mass is 241 g/mol. The van der Waals surface area contributed by atoms with Crippen LogP contribution in [-0.4, -0.2) is 39.3 Å². The summed E-state index contributed by atoms with van der Waals surface area (Å²) in [5, 5.41) is 4.10. The Morgan fingerprint density at radius 1 is 1.50 bits per heavy atom. The average molecular weight is 241 g/mol. The molecule has 0 aromatic carbocycles. The molecule has 90 valence electrons. The zero-order valence-electron chi connectivity index (χ0n) is 10.4. The maximum absolute atomic E-state index is 5.24. The molecule has 1 aromatic rings. The molecule has 0 aliphatic rings. The largest absolute Gasteiger partial charge is 0.480 e. The molecule has 0 saturated carbocycles. The molecule has 4 nitrogen and oxygen atoms in total. The first kappa shape index (κ1) is 13.0. The maximum Gasteiger partial charge on any atom is 0.233 e. The molecular formula is C11H19N3OS. The van der Waals surface area contributed by atoms with Crippen LogP contribution in [0.25, 0.3) is 6.08 Å². The summed E-state index contributed by atoms with van der Waals surface area (Å²) in [5.74, 6) is 0.688. The van der Waals surface area contributed by atoms with E-state index in [9.17, 15) is 0 Å². The molecule has 1 rings (SSSR count). The fourth-order valence-electron chi connectivity index (χ4n) is 1.08. The van der Waals surface area contributed by atoms with Crippen molar-refractivity contribution < 1.29 is 4.74 Å². The Hall–Kier alpha value is -1.07. The van der Waals surface area contributed by atoms with Crippen LogP contribution in [0.4, 0.5) is 5.13 Å². The summed E-state index contributed by atoms with van der Waals surface area (Å²) >= 11 is 1.62. The van der Waals surface area contributed by atoms with Crippen LogP contribution in [0, 0.1) is 0 Å². The van der Waals surface area contributed by atoms with Gasteiger partial charge in [-0.05, 0) is 20.0 Å². The van der Waals surface area contributed by atoms with E-state index < -0.39 is 0 Å². The summed E-state index contributed by atoms with van der Waals surface area (Å²) in [6, 6.07) is 0.342. The number of anilines is 1. The van der Waals surface area contributed by atoms with Gasteiger partial charge >= 0.3 is 0 Å². The van der Waals surface area contributed by atoms with Crippen molar-refractivity contribution in [3.05, 3.63) is 11.0 Å². The summed E-state index contributed by atoms with van der Waals surface area (Å²) in [5.41, 5.74) is 0. The molecule has 1 aromatic heterocycles. The lowest BCUT2D eigenvalue weighted by Crippen LogP contribution is -2.17. The molecule has 0 radical (unpaired) electrons. The van der Waals surface area contributed by atoms with Gasteiger partial charge in [-0.2, -0.15) is 4.98 Å². The predicted molar refractivity (Wildman–Crippen MR) is 70.5 cm³/mol. The van der Waals surface area contributed by atoms with Crippen LogP contribution in [-0.2, 0) is 0 Å². The van der Waals surface area contributed by atoms with E-state index >= 15 is 0 Å². The second-order valence-electron chi connectivity index (χ2n) is 3.70. The third-order valence-corrected chi connectivity index (χ3v) is 3.35. The van der Waals surface area contributed by atoms with Gasteiger partial charge in [-0.3, -0.25) is 0 Å². The van der Waals surface area contributed by atoms with Gasteiger partial charge in [0.2, 0.25) is 5.88 Å². The minimum absolute atomic E-state index is 0.342. The first-order valence-corrected chi connectivity index (χ1v) is 5.97. The molecule has 0 spiro atoms. The number of rotatable bonds is 5. The van der Waals surface area contributed by atoms with Crippen molar-refractivity contribution in [3.8, 4) is 5.88 Å². The normalized spacial score (nSPS) is 13.1. The summed E-state index contributed by atoms with van der Waals surface area (Å²) in [6.45, 7) is 2.09. The molecule has 5 heteroatoms. The number of nitrogens with zero attached hydrogens (tertiary/aromatic N) is 2. The van der Waals surface area contributed by atoms with Crippen LogP contribution in [0.2, 0.25) is 0 Å². The first-order chi connectivity index (χ1) is 7.58. The molecule has 0 aliphatic carbocycles. The lowest BCUT2D eigenvalue weighted by Gasteiger charge is -2.04. The lowest BCUT2D eigenvalue weighted by atomic mass is 10.3. The number of hydrogen-bond donors (Lipinski definition) is 1. The smallest absolute Gasteiger partial charge is 0.233 e. The van der Waals surface area contributed by atoms with Crippen molar-refractivity contribution >= 4 is 22.5 Å². The standard InChI is InChI=1S/C11H19N3OS/c1-8(12-2)6-7-9-10(15-5)13-11(16-9)14(3)4/h6-8,12H,1-5H3/b7-6+. The quantitative estimate of drug-likeness (QED) is 0.853. The Labute approximate surface area is 101 Å². The number of methoxy groups -OCH3 is 1.